The summed E-state index contributed by atoms with van der Waals surface area (Å²) in [4.78, 5) is 38.3. The maximum absolute atomic E-state index is 12.9. The van der Waals surface area contributed by atoms with Crippen LogP contribution < -0.4 is 0 Å². The topological polar surface area (TPSA) is 78.9 Å². The van der Waals surface area contributed by atoms with E-state index < -0.39 is 6.10 Å². The van der Waals surface area contributed by atoms with Gasteiger partial charge in [0.25, 0.3) is 0 Å². The van der Waals surface area contributed by atoms with Crippen LogP contribution in [0.3, 0.4) is 0 Å². The highest BCUT2D eigenvalue weighted by Crippen LogP contribution is 2.18. The van der Waals surface area contributed by atoms with Crippen molar-refractivity contribution in [2.45, 2.75) is 354 Å². The molecule has 0 aromatic carbocycles. The zero-order chi connectivity index (χ0) is 52.2. The van der Waals surface area contributed by atoms with Crippen LogP contribution in [0.15, 0.2) is 36.5 Å². The van der Waals surface area contributed by atoms with E-state index in [0.717, 1.165) is 70.6 Å². The predicted octanol–water partition coefficient (Wildman–Crippen LogP) is 21.6. The monoisotopic (exact) mass is 1010 g/mol. The lowest BCUT2D eigenvalue weighted by molar-refractivity contribution is -0.167. The zero-order valence-electron chi connectivity index (χ0n) is 48.5. The zero-order valence-corrected chi connectivity index (χ0v) is 48.5. The molecule has 0 aromatic rings. The Morgan fingerprint density at radius 1 is 0.278 bits per heavy atom. The molecule has 0 rings (SSSR count). The van der Waals surface area contributed by atoms with Gasteiger partial charge in [-0.15, -0.1) is 0 Å². The Morgan fingerprint density at radius 3 is 0.806 bits per heavy atom. The van der Waals surface area contributed by atoms with E-state index in [9.17, 15) is 14.4 Å². The first-order chi connectivity index (χ1) is 35.5. The summed E-state index contributed by atoms with van der Waals surface area (Å²) >= 11 is 0. The molecule has 0 saturated heterocycles. The van der Waals surface area contributed by atoms with Gasteiger partial charge >= 0.3 is 17.9 Å². The Hall–Kier alpha value is -2.37. The third-order valence-electron chi connectivity index (χ3n) is 14.4. The van der Waals surface area contributed by atoms with Crippen molar-refractivity contribution in [3.05, 3.63) is 36.5 Å². The van der Waals surface area contributed by atoms with E-state index in [0.29, 0.717) is 19.3 Å². The number of allylic oxidation sites excluding steroid dienone is 6. The molecule has 0 bridgehead atoms. The molecule has 1 unspecified atom stereocenters. The van der Waals surface area contributed by atoms with Crippen molar-refractivity contribution in [2.24, 2.45) is 0 Å². The summed E-state index contributed by atoms with van der Waals surface area (Å²) < 4.78 is 16.9. The minimum absolute atomic E-state index is 0.0723. The van der Waals surface area contributed by atoms with E-state index in [1.807, 2.05) is 0 Å². The Morgan fingerprint density at radius 2 is 0.500 bits per heavy atom. The van der Waals surface area contributed by atoms with Gasteiger partial charge in [-0.3, -0.25) is 14.4 Å². The van der Waals surface area contributed by atoms with Gasteiger partial charge in [0.15, 0.2) is 6.10 Å². The van der Waals surface area contributed by atoms with Crippen LogP contribution >= 0.6 is 0 Å². The molecule has 0 radical (unpaired) electrons. The molecule has 0 aliphatic carbocycles. The molecule has 0 aliphatic rings. The number of unbranched alkanes of at least 4 members (excludes halogenated alkanes) is 42. The number of rotatable bonds is 59. The minimum atomic E-state index is -0.776. The van der Waals surface area contributed by atoms with Gasteiger partial charge < -0.3 is 14.2 Å². The van der Waals surface area contributed by atoms with E-state index in [1.165, 1.54) is 238 Å². The molecular formula is C66H122O6. The van der Waals surface area contributed by atoms with Gasteiger partial charge in [-0.05, 0) is 77.0 Å². The third-order valence-corrected chi connectivity index (χ3v) is 14.4. The largest absolute Gasteiger partial charge is 0.462 e. The van der Waals surface area contributed by atoms with Crippen LogP contribution in [-0.2, 0) is 28.6 Å². The normalized spacial score (nSPS) is 12.2. The van der Waals surface area contributed by atoms with Gasteiger partial charge in [0.05, 0.1) is 0 Å². The van der Waals surface area contributed by atoms with Gasteiger partial charge in [-0.2, -0.15) is 0 Å². The predicted molar refractivity (Wildman–Crippen MR) is 312 cm³/mol. The van der Waals surface area contributed by atoms with Crippen molar-refractivity contribution in [1.82, 2.24) is 0 Å². The fourth-order valence-electron chi connectivity index (χ4n) is 9.53. The second-order valence-corrected chi connectivity index (χ2v) is 21.7. The molecule has 0 N–H and O–H groups in total. The van der Waals surface area contributed by atoms with E-state index in [-0.39, 0.29) is 31.1 Å². The summed E-state index contributed by atoms with van der Waals surface area (Å²) in [7, 11) is 0. The molecule has 0 heterocycles. The van der Waals surface area contributed by atoms with E-state index >= 15 is 0 Å². The van der Waals surface area contributed by atoms with Gasteiger partial charge in [0.1, 0.15) is 13.2 Å². The van der Waals surface area contributed by atoms with E-state index in [2.05, 4.69) is 57.2 Å². The minimum Gasteiger partial charge on any atom is -0.462 e. The molecule has 6 nitrogen and oxygen atoms in total. The average molecular weight is 1010 g/mol. The van der Waals surface area contributed by atoms with Crippen molar-refractivity contribution in [3.63, 3.8) is 0 Å². The molecule has 0 amide bonds. The smallest absolute Gasteiger partial charge is 0.306 e. The van der Waals surface area contributed by atoms with E-state index in [1.54, 1.807) is 0 Å². The van der Waals surface area contributed by atoms with Gasteiger partial charge in [0, 0.05) is 19.3 Å². The highest BCUT2D eigenvalue weighted by atomic mass is 16.6. The Bertz CT molecular complexity index is 1210. The Balaban J connectivity index is 4.25. The van der Waals surface area contributed by atoms with Crippen LogP contribution in [0.2, 0.25) is 0 Å². The first-order valence-electron chi connectivity index (χ1n) is 32.0. The van der Waals surface area contributed by atoms with Crippen molar-refractivity contribution in [3.8, 4) is 0 Å². The summed E-state index contributed by atoms with van der Waals surface area (Å²) in [6, 6.07) is 0. The van der Waals surface area contributed by atoms with Gasteiger partial charge in [-0.25, -0.2) is 0 Å². The highest BCUT2D eigenvalue weighted by Gasteiger charge is 2.19. The summed E-state index contributed by atoms with van der Waals surface area (Å²) in [5.41, 5.74) is 0. The van der Waals surface area contributed by atoms with Crippen LogP contribution in [0.5, 0.6) is 0 Å². The summed E-state index contributed by atoms with van der Waals surface area (Å²) in [6.07, 6.45) is 74.4. The standard InChI is InChI=1S/C66H122O6/c1-4-7-10-13-16-19-22-25-27-29-31-32-33-34-36-37-39-41-44-47-50-53-56-59-65(68)71-62-63(61-70-64(67)58-55-52-49-46-43-24-21-18-15-12-9-6-3)72-66(69)60-57-54-51-48-45-42-40-38-35-30-28-26-23-20-17-14-11-8-5-2/h17-18,20-21,26,28,63H,4-16,19,22-25,27,29-62H2,1-3H3/b20-17-,21-18-,28-26-. The van der Waals surface area contributed by atoms with Crippen LogP contribution in [0.4, 0.5) is 0 Å². The molecular weight excluding hydrogens is 889 g/mol. The molecule has 0 fully saturated rings. The quantitative estimate of drug-likeness (QED) is 0.0261. The lowest BCUT2D eigenvalue weighted by atomic mass is 10.0. The number of carbonyl (C=O) groups is 3. The SMILES string of the molecule is CCCCC/C=C\C/C=C\CCCCCCCCCCCC(=O)OC(COC(=O)CCCCCCC/C=C\CCCCC)COC(=O)CCCCCCCCCCCCCCCCCCCCCCCCC. The molecule has 1 atom stereocenters. The maximum Gasteiger partial charge on any atom is 0.306 e. The fourth-order valence-corrected chi connectivity index (χ4v) is 9.53. The number of carbonyl (C=O) groups excluding carboxylic acids is 3. The molecule has 0 spiro atoms. The van der Waals surface area contributed by atoms with Crippen LogP contribution in [0.1, 0.15) is 348 Å². The van der Waals surface area contributed by atoms with Gasteiger partial charge in [-0.1, -0.05) is 288 Å². The van der Waals surface area contributed by atoms with Gasteiger partial charge in [0.2, 0.25) is 0 Å². The molecule has 72 heavy (non-hydrogen) atoms. The second-order valence-electron chi connectivity index (χ2n) is 21.7. The van der Waals surface area contributed by atoms with Crippen molar-refractivity contribution >= 4 is 17.9 Å². The summed E-state index contributed by atoms with van der Waals surface area (Å²) in [5.74, 6) is -0.864. The Kier molecular flexibility index (Phi) is 59.2. The first kappa shape index (κ1) is 69.6. The van der Waals surface area contributed by atoms with Crippen molar-refractivity contribution in [1.29, 1.82) is 0 Å². The average Bonchev–Trinajstić information content (AvgIpc) is 3.38. The number of esters is 3. The number of ether oxygens (including phenoxy) is 3. The lowest BCUT2D eigenvalue weighted by Crippen LogP contribution is -2.30. The van der Waals surface area contributed by atoms with Crippen LogP contribution in [0, 0.1) is 0 Å². The third kappa shape index (κ3) is 58.5. The highest BCUT2D eigenvalue weighted by molar-refractivity contribution is 5.71. The van der Waals surface area contributed by atoms with E-state index in [4.69, 9.17) is 14.2 Å². The molecule has 0 saturated carbocycles. The number of hydrogen-bond acceptors (Lipinski definition) is 6. The van der Waals surface area contributed by atoms with Crippen LogP contribution in [-0.4, -0.2) is 37.2 Å². The summed E-state index contributed by atoms with van der Waals surface area (Å²) in [6.45, 7) is 6.64. The summed E-state index contributed by atoms with van der Waals surface area (Å²) in [5, 5.41) is 0. The Labute approximate surface area is 448 Å². The lowest BCUT2D eigenvalue weighted by Gasteiger charge is -2.18. The number of hydrogen-bond donors (Lipinski definition) is 0. The first-order valence-corrected chi connectivity index (χ1v) is 32.0. The maximum atomic E-state index is 12.9. The van der Waals surface area contributed by atoms with Crippen molar-refractivity contribution in [2.75, 3.05) is 13.2 Å². The molecule has 0 aromatic heterocycles. The van der Waals surface area contributed by atoms with Crippen LogP contribution in [0.25, 0.3) is 0 Å². The van der Waals surface area contributed by atoms with Crippen molar-refractivity contribution < 1.29 is 28.6 Å². The molecule has 422 valence electrons. The second kappa shape index (κ2) is 61.2. The fraction of sp³-hybridized carbons (Fsp3) is 0.864. The molecule has 0 aliphatic heterocycles. The molecule has 6 heteroatoms.